The van der Waals surface area contributed by atoms with Gasteiger partial charge in [0.1, 0.15) is 6.17 Å². The summed E-state index contributed by atoms with van der Waals surface area (Å²) in [5.41, 5.74) is 2.19. The van der Waals surface area contributed by atoms with Crippen molar-refractivity contribution in [2.75, 3.05) is 0 Å². The first kappa shape index (κ1) is 6.17. The van der Waals surface area contributed by atoms with E-state index in [9.17, 15) is 4.39 Å². The van der Waals surface area contributed by atoms with Crippen LogP contribution >= 0.6 is 0 Å². The van der Waals surface area contributed by atoms with Crippen LogP contribution in [0.4, 0.5) is 4.39 Å². The largest absolute Gasteiger partial charge is 0.246 e. The number of halogens is 1. The van der Waals surface area contributed by atoms with Gasteiger partial charge in [0, 0.05) is 5.92 Å². The van der Waals surface area contributed by atoms with Crippen LogP contribution in [-0.2, 0) is 0 Å². The second-order valence-electron chi connectivity index (χ2n) is 5.07. The van der Waals surface area contributed by atoms with Gasteiger partial charge in [0.25, 0.3) is 0 Å². The van der Waals surface area contributed by atoms with E-state index in [1.807, 2.05) is 0 Å². The fourth-order valence-corrected chi connectivity index (χ4v) is 4.25. The van der Waals surface area contributed by atoms with Gasteiger partial charge in [0.15, 0.2) is 0 Å². The highest BCUT2D eigenvalue weighted by atomic mass is 19.1. The fourth-order valence-electron chi connectivity index (χ4n) is 4.25. The van der Waals surface area contributed by atoms with Gasteiger partial charge >= 0.3 is 0 Å². The average molecular weight is 164 g/mol. The quantitative estimate of drug-likeness (QED) is 0.483. The molecule has 0 aromatic carbocycles. The van der Waals surface area contributed by atoms with Crippen LogP contribution in [0.3, 0.4) is 0 Å². The zero-order valence-corrected chi connectivity index (χ0v) is 7.09. The first-order valence-electron chi connectivity index (χ1n) is 5.19. The molecule has 4 aliphatic carbocycles. The Kier molecular flexibility index (Phi) is 0.779. The number of alkyl halides is 1. The molecule has 0 amide bonds. The van der Waals surface area contributed by atoms with Gasteiger partial charge in [0.05, 0.1) is 0 Å². The van der Waals surface area contributed by atoms with Crippen molar-refractivity contribution in [1.29, 1.82) is 0 Å². The minimum absolute atomic E-state index is 0.398. The van der Waals surface area contributed by atoms with Crippen LogP contribution in [0.2, 0.25) is 0 Å². The van der Waals surface area contributed by atoms with Crippen molar-refractivity contribution in [3.05, 3.63) is 11.6 Å². The molecular formula is C11H13F. The third-order valence-corrected chi connectivity index (χ3v) is 4.92. The molecule has 0 aliphatic heterocycles. The highest BCUT2D eigenvalue weighted by Crippen LogP contribution is 2.84. The maximum absolute atomic E-state index is 13.3. The van der Waals surface area contributed by atoms with E-state index in [1.54, 1.807) is 0 Å². The molecule has 0 aromatic heterocycles. The van der Waals surface area contributed by atoms with Crippen molar-refractivity contribution < 1.29 is 4.39 Å². The second kappa shape index (κ2) is 1.51. The topological polar surface area (TPSA) is 0 Å². The third kappa shape index (κ3) is 0.399. The highest BCUT2D eigenvalue weighted by molar-refractivity contribution is 5.45. The summed E-state index contributed by atoms with van der Waals surface area (Å²) >= 11 is 0. The molecule has 1 spiro atoms. The van der Waals surface area contributed by atoms with Gasteiger partial charge in [0.2, 0.25) is 0 Å². The molecule has 0 N–H and O–H groups in total. The van der Waals surface area contributed by atoms with E-state index in [0.29, 0.717) is 11.3 Å². The molecule has 64 valence electrons. The molecule has 0 nitrogen and oxygen atoms in total. The van der Waals surface area contributed by atoms with Crippen LogP contribution in [0, 0.1) is 23.2 Å². The van der Waals surface area contributed by atoms with Crippen molar-refractivity contribution in [2.24, 2.45) is 23.2 Å². The van der Waals surface area contributed by atoms with E-state index in [0.717, 1.165) is 18.3 Å². The molecule has 3 fully saturated rings. The first-order chi connectivity index (χ1) is 5.84. The lowest BCUT2D eigenvalue weighted by atomic mass is 9.78. The Balaban J connectivity index is 1.73. The lowest BCUT2D eigenvalue weighted by Gasteiger charge is -2.27. The number of allylic oxidation sites excluding steroid dienone is 2. The molecule has 4 atom stereocenters. The summed E-state index contributed by atoms with van der Waals surface area (Å²) in [6.07, 6.45) is 6.64. The number of rotatable bonds is 0. The molecule has 4 aliphatic rings. The Hall–Kier alpha value is -0.330. The molecular weight excluding hydrogens is 151 g/mol. The van der Waals surface area contributed by atoms with E-state index in [4.69, 9.17) is 0 Å². The van der Waals surface area contributed by atoms with Crippen molar-refractivity contribution in [2.45, 2.75) is 31.9 Å². The van der Waals surface area contributed by atoms with Gasteiger partial charge in [-0.05, 0) is 36.5 Å². The summed E-state index contributed by atoms with van der Waals surface area (Å²) < 4.78 is 13.3. The minimum atomic E-state index is -0.499. The summed E-state index contributed by atoms with van der Waals surface area (Å²) in [5, 5.41) is 0. The van der Waals surface area contributed by atoms with Crippen LogP contribution in [0.1, 0.15) is 25.7 Å². The van der Waals surface area contributed by atoms with Crippen LogP contribution in [0.15, 0.2) is 11.6 Å². The Labute approximate surface area is 71.8 Å². The van der Waals surface area contributed by atoms with E-state index in [2.05, 4.69) is 6.08 Å². The van der Waals surface area contributed by atoms with Gasteiger partial charge in [-0.3, -0.25) is 0 Å². The average Bonchev–Trinajstić information content (AvgIpc) is 2.43. The predicted octanol–water partition coefficient (Wildman–Crippen LogP) is 2.70. The van der Waals surface area contributed by atoms with E-state index < -0.39 is 6.17 Å². The van der Waals surface area contributed by atoms with E-state index in [-0.39, 0.29) is 0 Å². The third-order valence-electron chi connectivity index (χ3n) is 4.92. The summed E-state index contributed by atoms with van der Waals surface area (Å²) in [6, 6.07) is 0. The second-order valence-corrected chi connectivity index (χ2v) is 5.07. The fraction of sp³-hybridized carbons (Fsp3) is 0.818. The first-order valence-corrected chi connectivity index (χ1v) is 5.19. The van der Waals surface area contributed by atoms with Gasteiger partial charge in [-0.15, -0.1) is 0 Å². The molecule has 0 bridgehead atoms. The van der Waals surface area contributed by atoms with E-state index in [1.165, 1.54) is 24.8 Å². The molecule has 3 unspecified atom stereocenters. The SMILES string of the molecule is F[C@H]1CC=C2C1C1C2C12CCC2. The summed E-state index contributed by atoms with van der Waals surface area (Å²) in [7, 11) is 0. The van der Waals surface area contributed by atoms with E-state index >= 15 is 0 Å². The predicted molar refractivity (Wildman–Crippen MR) is 44.4 cm³/mol. The van der Waals surface area contributed by atoms with Crippen LogP contribution < -0.4 is 0 Å². The minimum Gasteiger partial charge on any atom is -0.246 e. The van der Waals surface area contributed by atoms with Gasteiger partial charge in [-0.2, -0.15) is 0 Å². The van der Waals surface area contributed by atoms with Crippen LogP contribution in [0.5, 0.6) is 0 Å². The monoisotopic (exact) mass is 164 g/mol. The molecule has 0 heterocycles. The molecule has 4 rings (SSSR count). The van der Waals surface area contributed by atoms with Gasteiger partial charge < -0.3 is 0 Å². The number of hydrogen-bond donors (Lipinski definition) is 0. The number of fused-ring (bicyclic) bond motifs is 6. The van der Waals surface area contributed by atoms with Crippen LogP contribution in [0.25, 0.3) is 0 Å². The van der Waals surface area contributed by atoms with Crippen molar-refractivity contribution in [3.63, 3.8) is 0 Å². The number of hydrogen-bond acceptors (Lipinski definition) is 0. The lowest BCUT2D eigenvalue weighted by molar-refractivity contribution is 0.190. The standard InChI is InChI=1S/C11H13F/c12-7-3-2-6-8(7)10-9(6)11(10)4-1-5-11/h2,7-10H,1,3-5H2/t7-,8?,9?,10?/m0/s1. The Bertz CT molecular complexity index is 287. The van der Waals surface area contributed by atoms with Crippen molar-refractivity contribution in [1.82, 2.24) is 0 Å². The summed E-state index contributed by atoms with van der Waals surface area (Å²) in [5.74, 6) is 2.07. The molecule has 1 heteroatoms. The highest BCUT2D eigenvalue weighted by Gasteiger charge is 2.79. The Morgan fingerprint density at radius 3 is 2.83 bits per heavy atom. The van der Waals surface area contributed by atoms with Gasteiger partial charge in [-0.1, -0.05) is 18.1 Å². The van der Waals surface area contributed by atoms with Crippen molar-refractivity contribution >= 4 is 0 Å². The maximum Gasteiger partial charge on any atom is 0.110 e. The Morgan fingerprint density at radius 1 is 1.42 bits per heavy atom. The van der Waals surface area contributed by atoms with Gasteiger partial charge in [-0.25, -0.2) is 4.39 Å². The molecule has 0 saturated heterocycles. The Morgan fingerprint density at radius 2 is 2.25 bits per heavy atom. The normalized spacial score (nSPS) is 56.6. The van der Waals surface area contributed by atoms with Crippen LogP contribution in [-0.4, -0.2) is 6.17 Å². The smallest absolute Gasteiger partial charge is 0.110 e. The molecule has 0 radical (unpaired) electrons. The molecule has 12 heavy (non-hydrogen) atoms. The lowest BCUT2D eigenvalue weighted by Crippen LogP contribution is -2.24. The molecule has 3 saturated carbocycles. The zero-order valence-electron chi connectivity index (χ0n) is 7.09. The zero-order chi connectivity index (χ0) is 7.92. The summed E-state index contributed by atoms with van der Waals surface area (Å²) in [6.45, 7) is 0. The van der Waals surface area contributed by atoms with Crippen molar-refractivity contribution in [3.8, 4) is 0 Å². The maximum atomic E-state index is 13.3. The molecule has 0 aromatic rings. The summed E-state index contributed by atoms with van der Waals surface area (Å²) in [4.78, 5) is 0.